The van der Waals surface area contributed by atoms with Crippen molar-refractivity contribution in [3.05, 3.63) is 70.1 Å². The van der Waals surface area contributed by atoms with Crippen LogP contribution < -0.4 is 0 Å². The molecule has 0 unspecified atom stereocenters. The van der Waals surface area contributed by atoms with E-state index in [4.69, 9.17) is 4.99 Å². The fourth-order valence-electron chi connectivity index (χ4n) is 3.85. The Morgan fingerprint density at radius 3 is 2.43 bits per heavy atom. The first-order valence-corrected chi connectivity index (χ1v) is 10.9. The molecule has 1 heterocycles. The Morgan fingerprint density at radius 2 is 1.71 bits per heavy atom. The number of amides is 1. The van der Waals surface area contributed by atoms with Gasteiger partial charge in [-0.15, -0.1) is 0 Å². The molecule has 0 aromatic heterocycles. The van der Waals surface area contributed by atoms with E-state index in [1.807, 2.05) is 35.2 Å². The van der Waals surface area contributed by atoms with Crippen molar-refractivity contribution in [2.75, 3.05) is 0 Å². The number of benzene rings is 2. The molecule has 1 aliphatic heterocycles. The highest BCUT2D eigenvalue weighted by Crippen LogP contribution is 2.38. The number of carbonyl (C=O) groups is 1. The number of aryl methyl sites for hydroxylation is 2. The third kappa shape index (κ3) is 4.07. The summed E-state index contributed by atoms with van der Waals surface area (Å²) in [6.07, 6.45) is 7.80. The third-order valence-corrected chi connectivity index (χ3v) is 6.49. The second-order valence-electron chi connectivity index (χ2n) is 7.66. The lowest BCUT2D eigenvalue weighted by Crippen LogP contribution is -2.40. The highest BCUT2D eigenvalue weighted by molar-refractivity contribution is 8.18. The van der Waals surface area contributed by atoms with Gasteiger partial charge in [0.25, 0.3) is 5.91 Å². The molecule has 144 valence electrons. The van der Waals surface area contributed by atoms with Gasteiger partial charge in [-0.1, -0.05) is 61.2 Å². The minimum Gasteiger partial charge on any atom is -0.283 e. The van der Waals surface area contributed by atoms with E-state index >= 15 is 0 Å². The van der Waals surface area contributed by atoms with E-state index in [-0.39, 0.29) is 11.9 Å². The van der Waals surface area contributed by atoms with Crippen LogP contribution in [0.3, 0.4) is 0 Å². The van der Waals surface area contributed by atoms with Crippen LogP contribution in [-0.4, -0.2) is 22.0 Å². The highest BCUT2D eigenvalue weighted by atomic mass is 32.2. The Hall–Kier alpha value is -2.33. The first kappa shape index (κ1) is 19.0. The average molecular weight is 391 g/mol. The minimum absolute atomic E-state index is 0.103. The number of thioether (sulfide) groups is 1. The molecule has 0 bridgehead atoms. The van der Waals surface area contributed by atoms with Crippen LogP contribution in [-0.2, 0) is 4.79 Å². The molecule has 2 aromatic carbocycles. The summed E-state index contributed by atoms with van der Waals surface area (Å²) in [6.45, 7) is 4.15. The zero-order chi connectivity index (χ0) is 19.5. The van der Waals surface area contributed by atoms with Crippen molar-refractivity contribution < 1.29 is 4.79 Å². The summed E-state index contributed by atoms with van der Waals surface area (Å²) in [4.78, 5) is 20.9. The van der Waals surface area contributed by atoms with Crippen molar-refractivity contribution in [2.45, 2.75) is 52.0 Å². The van der Waals surface area contributed by atoms with Crippen LogP contribution in [0.15, 0.2) is 58.4 Å². The van der Waals surface area contributed by atoms with Crippen LogP contribution in [0.5, 0.6) is 0 Å². The summed E-state index contributed by atoms with van der Waals surface area (Å²) in [7, 11) is 0. The fraction of sp³-hybridized carbons (Fsp3) is 0.333. The Balaban J connectivity index is 1.71. The molecule has 2 fully saturated rings. The van der Waals surface area contributed by atoms with Gasteiger partial charge in [-0.3, -0.25) is 9.69 Å². The van der Waals surface area contributed by atoms with Crippen molar-refractivity contribution in [1.29, 1.82) is 0 Å². The van der Waals surface area contributed by atoms with Crippen molar-refractivity contribution in [1.82, 2.24) is 4.90 Å². The predicted molar refractivity (Wildman–Crippen MR) is 119 cm³/mol. The van der Waals surface area contributed by atoms with E-state index in [1.54, 1.807) is 0 Å². The van der Waals surface area contributed by atoms with Crippen molar-refractivity contribution in [2.24, 2.45) is 4.99 Å². The number of amidine groups is 1. The predicted octanol–water partition coefficient (Wildman–Crippen LogP) is 6.24. The second kappa shape index (κ2) is 8.36. The lowest BCUT2D eigenvalue weighted by Gasteiger charge is -2.30. The molecule has 0 N–H and O–H groups in total. The smallest absolute Gasteiger partial charge is 0.267 e. The lowest BCUT2D eigenvalue weighted by molar-refractivity contribution is -0.124. The zero-order valence-electron chi connectivity index (χ0n) is 16.5. The first-order chi connectivity index (χ1) is 13.6. The molecule has 0 atom stereocenters. The molecule has 1 saturated heterocycles. The summed E-state index contributed by atoms with van der Waals surface area (Å²) in [5.74, 6) is 0.103. The number of nitrogens with zero attached hydrogens (tertiary/aromatic N) is 2. The van der Waals surface area contributed by atoms with Gasteiger partial charge in [0.15, 0.2) is 5.17 Å². The van der Waals surface area contributed by atoms with Gasteiger partial charge in [-0.2, -0.15) is 0 Å². The molecule has 4 heteroatoms. The van der Waals surface area contributed by atoms with Crippen molar-refractivity contribution in [3.8, 4) is 0 Å². The summed E-state index contributed by atoms with van der Waals surface area (Å²) in [5.41, 5.74) is 4.39. The Kier molecular flexibility index (Phi) is 5.67. The van der Waals surface area contributed by atoms with Crippen molar-refractivity contribution >= 4 is 34.6 Å². The molecule has 1 saturated carbocycles. The van der Waals surface area contributed by atoms with Gasteiger partial charge >= 0.3 is 0 Å². The maximum atomic E-state index is 13.3. The van der Waals surface area contributed by atoms with E-state index in [9.17, 15) is 4.79 Å². The van der Waals surface area contributed by atoms with Crippen LogP contribution in [0, 0.1) is 13.8 Å². The van der Waals surface area contributed by atoms with Crippen LogP contribution in [0.2, 0.25) is 0 Å². The number of aliphatic imine (C=N–C) groups is 1. The number of rotatable bonds is 3. The lowest BCUT2D eigenvalue weighted by atomic mass is 9.94. The molecule has 4 rings (SSSR count). The van der Waals surface area contributed by atoms with Crippen LogP contribution in [0.25, 0.3) is 6.08 Å². The topological polar surface area (TPSA) is 32.7 Å². The van der Waals surface area contributed by atoms with Gasteiger partial charge in [-0.25, -0.2) is 4.99 Å². The van der Waals surface area contributed by atoms with Gasteiger partial charge < -0.3 is 0 Å². The maximum absolute atomic E-state index is 13.3. The zero-order valence-corrected chi connectivity index (χ0v) is 17.3. The van der Waals surface area contributed by atoms with Gasteiger partial charge in [0, 0.05) is 6.04 Å². The van der Waals surface area contributed by atoms with E-state index in [0.717, 1.165) is 34.2 Å². The summed E-state index contributed by atoms with van der Waals surface area (Å²) in [6, 6.07) is 16.6. The van der Waals surface area contributed by atoms with Gasteiger partial charge in [0.05, 0.1) is 10.6 Å². The third-order valence-electron chi connectivity index (χ3n) is 5.51. The summed E-state index contributed by atoms with van der Waals surface area (Å²) < 4.78 is 0. The summed E-state index contributed by atoms with van der Waals surface area (Å²) in [5, 5.41) is 0.820. The molecule has 0 radical (unpaired) electrons. The van der Waals surface area contributed by atoms with E-state index in [0.29, 0.717) is 0 Å². The quantitative estimate of drug-likeness (QED) is 0.581. The number of hydrogen-bond acceptors (Lipinski definition) is 3. The molecule has 3 nitrogen and oxygen atoms in total. The SMILES string of the molecule is Cc1ccc(N=C2S/C(=C/c3ccccc3C)C(=O)N2C2CCCCC2)cc1. The van der Waals surface area contributed by atoms with E-state index in [2.05, 4.69) is 38.1 Å². The average Bonchev–Trinajstić information content (AvgIpc) is 3.01. The molecular formula is C24H26N2OS. The second-order valence-corrected chi connectivity index (χ2v) is 8.67. The molecule has 2 aromatic rings. The Labute approximate surface area is 171 Å². The number of carbonyl (C=O) groups excluding carboxylic acids is 1. The van der Waals surface area contributed by atoms with E-state index in [1.165, 1.54) is 42.2 Å². The monoisotopic (exact) mass is 390 g/mol. The van der Waals surface area contributed by atoms with E-state index < -0.39 is 0 Å². The summed E-state index contributed by atoms with van der Waals surface area (Å²) >= 11 is 1.51. The molecule has 28 heavy (non-hydrogen) atoms. The molecule has 1 amide bonds. The van der Waals surface area contributed by atoms with Gasteiger partial charge in [-0.05, 0) is 67.8 Å². The minimum atomic E-state index is 0.103. The molecule has 2 aliphatic rings. The van der Waals surface area contributed by atoms with Crippen LogP contribution >= 0.6 is 11.8 Å². The maximum Gasteiger partial charge on any atom is 0.267 e. The number of hydrogen-bond donors (Lipinski definition) is 0. The van der Waals surface area contributed by atoms with Gasteiger partial charge in [0.2, 0.25) is 0 Å². The van der Waals surface area contributed by atoms with Crippen LogP contribution in [0.1, 0.15) is 48.8 Å². The fourth-order valence-corrected chi connectivity index (χ4v) is 4.90. The standard InChI is InChI=1S/C24H26N2OS/c1-17-12-14-20(15-13-17)25-24-26(21-10-4-3-5-11-21)23(27)22(28-24)16-19-9-7-6-8-18(19)2/h6-9,12-16,21H,3-5,10-11H2,1-2H3/b22-16+,25-24?. The van der Waals surface area contributed by atoms with Gasteiger partial charge in [0.1, 0.15) is 0 Å². The Bertz CT molecular complexity index is 924. The normalized spacial score (nSPS) is 21.1. The largest absolute Gasteiger partial charge is 0.283 e. The molecule has 1 aliphatic carbocycles. The highest BCUT2D eigenvalue weighted by Gasteiger charge is 2.38. The van der Waals surface area contributed by atoms with Crippen LogP contribution in [0.4, 0.5) is 5.69 Å². The van der Waals surface area contributed by atoms with Crippen molar-refractivity contribution in [3.63, 3.8) is 0 Å². The molecular weight excluding hydrogens is 364 g/mol. The first-order valence-electron chi connectivity index (χ1n) is 10.1. The molecule has 0 spiro atoms. The Morgan fingerprint density at radius 1 is 1.00 bits per heavy atom.